The first-order valence-corrected chi connectivity index (χ1v) is 5.86. The largest absolute Gasteiger partial charge is 0.353 e. The minimum absolute atomic E-state index is 0.0161. The summed E-state index contributed by atoms with van der Waals surface area (Å²) in [7, 11) is 1.76. The van der Waals surface area contributed by atoms with E-state index < -0.39 is 4.92 Å². The molecule has 1 aromatic rings. The van der Waals surface area contributed by atoms with Crippen LogP contribution in [0.4, 0.5) is 17.5 Å². The van der Waals surface area contributed by atoms with Crippen molar-refractivity contribution >= 4 is 17.5 Å². The van der Waals surface area contributed by atoms with E-state index in [0.717, 1.165) is 0 Å². The Morgan fingerprint density at radius 3 is 2.42 bits per heavy atom. The summed E-state index contributed by atoms with van der Waals surface area (Å²) < 4.78 is 0. The minimum Gasteiger partial charge on any atom is -0.353 e. The maximum Gasteiger partial charge on any atom is 0.332 e. The van der Waals surface area contributed by atoms with Gasteiger partial charge in [0, 0.05) is 13.6 Å². The van der Waals surface area contributed by atoms with Gasteiger partial charge in [0.05, 0.1) is 4.92 Å². The van der Waals surface area contributed by atoms with Crippen molar-refractivity contribution < 1.29 is 4.92 Å². The van der Waals surface area contributed by atoms with Crippen molar-refractivity contribution in [2.75, 3.05) is 23.9 Å². The van der Waals surface area contributed by atoms with Gasteiger partial charge in [-0.15, -0.1) is 0 Å². The van der Waals surface area contributed by atoms with Crippen LogP contribution in [0.15, 0.2) is 0 Å². The number of hydrogen-bond donors (Lipinski definition) is 2. The molecule has 0 unspecified atom stereocenters. The molecular formula is C11H20N6O2. The third kappa shape index (κ3) is 3.75. The smallest absolute Gasteiger partial charge is 0.332 e. The molecule has 0 bridgehead atoms. The van der Waals surface area contributed by atoms with Crippen LogP contribution >= 0.6 is 0 Å². The van der Waals surface area contributed by atoms with E-state index in [0.29, 0.717) is 6.54 Å². The molecule has 1 heterocycles. The van der Waals surface area contributed by atoms with Gasteiger partial charge in [-0.25, -0.2) is 10.8 Å². The summed E-state index contributed by atoms with van der Waals surface area (Å²) in [6.07, 6.45) is 0. The lowest BCUT2D eigenvalue weighted by Crippen LogP contribution is -2.31. The Hall–Kier alpha value is -1.96. The van der Waals surface area contributed by atoms with E-state index in [4.69, 9.17) is 5.84 Å². The van der Waals surface area contributed by atoms with Crippen molar-refractivity contribution in [1.29, 1.82) is 0 Å². The van der Waals surface area contributed by atoms with Gasteiger partial charge in [-0.05, 0) is 12.3 Å². The van der Waals surface area contributed by atoms with Gasteiger partial charge in [0.2, 0.25) is 11.8 Å². The highest BCUT2D eigenvalue weighted by Crippen LogP contribution is 2.30. The van der Waals surface area contributed by atoms with Crippen LogP contribution in [-0.4, -0.2) is 28.5 Å². The molecule has 0 amide bonds. The average molecular weight is 268 g/mol. The van der Waals surface area contributed by atoms with E-state index in [2.05, 4.69) is 15.4 Å². The molecule has 0 fully saturated rings. The van der Waals surface area contributed by atoms with Crippen LogP contribution < -0.4 is 16.2 Å². The summed E-state index contributed by atoms with van der Waals surface area (Å²) in [5.74, 6) is 5.71. The number of aromatic nitrogens is 2. The van der Waals surface area contributed by atoms with Crippen LogP contribution in [0, 0.1) is 22.5 Å². The minimum atomic E-state index is -0.468. The van der Waals surface area contributed by atoms with E-state index in [1.807, 2.05) is 20.8 Å². The number of hydrogen-bond acceptors (Lipinski definition) is 7. The third-order valence-corrected chi connectivity index (χ3v) is 2.42. The molecule has 0 aliphatic heterocycles. The molecule has 8 nitrogen and oxygen atoms in total. The van der Waals surface area contributed by atoms with E-state index in [-0.39, 0.29) is 28.6 Å². The molecule has 0 spiro atoms. The molecule has 106 valence electrons. The maximum absolute atomic E-state index is 11.2. The predicted octanol–water partition coefficient (Wildman–Crippen LogP) is 1.46. The van der Waals surface area contributed by atoms with Gasteiger partial charge in [-0.2, -0.15) is 4.98 Å². The number of rotatable bonds is 4. The number of anilines is 2. The quantitative estimate of drug-likeness (QED) is 0.483. The van der Waals surface area contributed by atoms with Gasteiger partial charge in [-0.1, -0.05) is 20.8 Å². The topological polar surface area (TPSA) is 110 Å². The standard InChI is InChI=1S/C11H20N6O2/c1-7-8(17(18)19)9(14-10(13-7)15-12)16(5)6-11(2,3)4/h6,12H2,1-5H3,(H,13,14,15). The lowest BCUT2D eigenvalue weighted by Gasteiger charge is -2.27. The van der Waals surface area contributed by atoms with Gasteiger partial charge >= 0.3 is 5.69 Å². The number of nitrogens with one attached hydrogen (secondary N) is 1. The summed E-state index contributed by atoms with van der Waals surface area (Å²) in [4.78, 5) is 20.5. The van der Waals surface area contributed by atoms with Gasteiger partial charge in [0.15, 0.2) is 0 Å². The Morgan fingerprint density at radius 2 is 2.00 bits per heavy atom. The van der Waals surface area contributed by atoms with Crippen molar-refractivity contribution in [1.82, 2.24) is 9.97 Å². The zero-order valence-corrected chi connectivity index (χ0v) is 11.9. The van der Waals surface area contributed by atoms with Crippen LogP contribution in [-0.2, 0) is 0 Å². The fourth-order valence-electron chi connectivity index (χ4n) is 1.88. The Labute approximate surface area is 112 Å². The number of hydrazine groups is 1. The van der Waals surface area contributed by atoms with Crippen LogP contribution in [0.2, 0.25) is 0 Å². The summed E-state index contributed by atoms with van der Waals surface area (Å²) in [6.45, 7) is 8.33. The molecule has 0 saturated carbocycles. The number of nitrogens with zero attached hydrogens (tertiary/aromatic N) is 4. The monoisotopic (exact) mass is 268 g/mol. The van der Waals surface area contributed by atoms with E-state index >= 15 is 0 Å². The fraction of sp³-hybridized carbons (Fsp3) is 0.636. The molecule has 1 rings (SSSR count). The Bertz CT molecular complexity index is 483. The van der Waals surface area contributed by atoms with Crippen LogP contribution in [0.3, 0.4) is 0 Å². The van der Waals surface area contributed by atoms with Crippen LogP contribution in [0.25, 0.3) is 0 Å². The highest BCUT2D eigenvalue weighted by Gasteiger charge is 2.26. The molecule has 0 atom stereocenters. The second kappa shape index (κ2) is 5.35. The molecule has 0 aromatic carbocycles. The molecule has 19 heavy (non-hydrogen) atoms. The molecule has 3 N–H and O–H groups in total. The summed E-state index contributed by atoms with van der Waals surface area (Å²) in [5.41, 5.74) is 2.49. The number of aryl methyl sites for hydroxylation is 1. The van der Waals surface area contributed by atoms with E-state index in [1.165, 1.54) is 0 Å². The summed E-state index contributed by atoms with van der Waals surface area (Å²) in [5, 5.41) is 11.2. The van der Waals surface area contributed by atoms with Gasteiger partial charge in [0.25, 0.3) is 0 Å². The Balaban J connectivity index is 3.30. The highest BCUT2D eigenvalue weighted by atomic mass is 16.6. The number of nitro groups is 1. The normalized spacial score (nSPS) is 11.3. The van der Waals surface area contributed by atoms with Crippen LogP contribution in [0.5, 0.6) is 0 Å². The lowest BCUT2D eigenvalue weighted by molar-refractivity contribution is -0.385. The van der Waals surface area contributed by atoms with Crippen molar-refractivity contribution in [3.05, 3.63) is 15.8 Å². The number of nitrogen functional groups attached to an aromatic ring is 1. The summed E-state index contributed by atoms with van der Waals surface area (Å²) >= 11 is 0. The van der Waals surface area contributed by atoms with Crippen molar-refractivity contribution in [3.63, 3.8) is 0 Å². The van der Waals surface area contributed by atoms with Crippen molar-refractivity contribution in [2.45, 2.75) is 27.7 Å². The molecule has 0 saturated heterocycles. The Kier molecular flexibility index (Phi) is 4.25. The van der Waals surface area contributed by atoms with E-state index in [1.54, 1.807) is 18.9 Å². The zero-order chi connectivity index (χ0) is 14.8. The SMILES string of the molecule is Cc1nc(NN)nc(N(C)CC(C)(C)C)c1[N+](=O)[O-]. The average Bonchev–Trinajstić information content (AvgIpc) is 2.24. The predicted molar refractivity (Wildman–Crippen MR) is 74.0 cm³/mol. The first kappa shape index (κ1) is 15.1. The zero-order valence-electron chi connectivity index (χ0n) is 11.9. The summed E-state index contributed by atoms with van der Waals surface area (Å²) in [6, 6.07) is 0. The second-order valence-corrected chi connectivity index (χ2v) is 5.62. The molecule has 0 aliphatic carbocycles. The van der Waals surface area contributed by atoms with Gasteiger partial charge < -0.3 is 4.90 Å². The molecular weight excluding hydrogens is 248 g/mol. The second-order valence-electron chi connectivity index (χ2n) is 5.62. The fourth-order valence-corrected chi connectivity index (χ4v) is 1.88. The first-order chi connectivity index (χ1) is 8.65. The van der Waals surface area contributed by atoms with Crippen molar-refractivity contribution in [2.24, 2.45) is 11.3 Å². The van der Waals surface area contributed by atoms with Gasteiger partial charge in [0.1, 0.15) is 5.69 Å². The Morgan fingerprint density at radius 1 is 1.42 bits per heavy atom. The number of nitrogens with two attached hydrogens (primary N) is 1. The van der Waals surface area contributed by atoms with Gasteiger partial charge in [-0.3, -0.25) is 15.5 Å². The van der Waals surface area contributed by atoms with Crippen molar-refractivity contribution in [3.8, 4) is 0 Å². The third-order valence-electron chi connectivity index (χ3n) is 2.42. The highest BCUT2D eigenvalue weighted by molar-refractivity contribution is 5.62. The molecule has 0 radical (unpaired) electrons. The maximum atomic E-state index is 11.2. The molecule has 0 aliphatic rings. The molecule has 8 heteroatoms. The molecule has 1 aromatic heterocycles. The van der Waals surface area contributed by atoms with Crippen LogP contribution in [0.1, 0.15) is 26.5 Å². The van der Waals surface area contributed by atoms with E-state index in [9.17, 15) is 10.1 Å². The first-order valence-electron chi connectivity index (χ1n) is 5.86. The lowest BCUT2D eigenvalue weighted by atomic mass is 9.96.